The van der Waals surface area contributed by atoms with Crippen LogP contribution in [0.3, 0.4) is 0 Å². The molecule has 3 amide bonds. The fourth-order valence-electron chi connectivity index (χ4n) is 3.72. The van der Waals surface area contributed by atoms with Crippen molar-refractivity contribution >= 4 is 23.4 Å². The maximum atomic E-state index is 14.0. The van der Waals surface area contributed by atoms with Gasteiger partial charge in [0.25, 0.3) is 17.7 Å². The van der Waals surface area contributed by atoms with Crippen LogP contribution < -0.4 is 14.4 Å². The van der Waals surface area contributed by atoms with Gasteiger partial charge in [0.1, 0.15) is 17.3 Å². The minimum atomic E-state index is -0.519. The van der Waals surface area contributed by atoms with Gasteiger partial charge in [-0.2, -0.15) is 0 Å². The first-order chi connectivity index (χ1) is 15.9. The van der Waals surface area contributed by atoms with Crippen LogP contribution in [0.4, 0.5) is 10.1 Å². The first kappa shape index (κ1) is 22.0. The molecular weight excluding hydrogens is 427 g/mol. The molecule has 1 heterocycles. The van der Waals surface area contributed by atoms with Crippen LogP contribution in [-0.2, 0) is 0 Å². The number of hydrogen-bond donors (Lipinski definition) is 0. The summed E-state index contributed by atoms with van der Waals surface area (Å²) in [5.74, 6) is -1.01. The normalized spacial score (nSPS) is 12.5. The number of nitrogens with zero attached hydrogens (tertiary/aromatic N) is 2. The van der Waals surface area contributed by atoms with Gasteiger partial charge in [-0.25, -0.2) is 4.39 Å². The molecule has 0 aliphatic carbocycles. The molecule has 3 aromatic carbocycles. The molecule has 1 aliphatic heterocycles. The third-order valence-corrected chi connectivity index (χ3v) is 5.39. The lowest BCUT2D eigenvalue weighted by Gasteiger charge is -2.25. The molecule has 33 heavy (non-hydrogen) atoms. The molecule has 0 fully saturated rings. The summed E-state index contributed by atoms with van der Waals surface area (Å²) in [6.45, 7) is -0.0943. The molecule has 0 spiro atoms. The molecule has 0 saturated heterocycles. The Bertz CT molecular complexity index is 1190. The number of rotatable bonds is 7. The second-order valence-corrected chi connectivity index (χ2v) is 7.35. The highest BCUT2D eigenvalue weighted by atomic mass is 19.1. The minimum absolute atomic E-state index is 0.0344. The van der Waals surface area contributed by atoms with Crippen LogP contribution in [0.1, 0.15) is 31.1 Å². The molecule has 0 radical (unpaired) electrons. The third-order valence-electron chi connectivity index (χ3n) is 5.39. The average molecular weight is 448 g/mol. The number of fused-ring (bicyclic) bond motifs is 1. The van der Waals surface area contributed by atoms with E-state index in [1.54, 1.807) is 48.5 Å². The van der Waals surface area contributed by atoms with Crippen LogP contribution in [0.2, 0.25) is 0 Å². The molecule has 0 saturated carbocycles. The van der Waals surface area contributed by atoms with Crippen molar-refractivity contribution in [2.75, 3.05) is 32.2 Å². The van der Waals surface area contributed by atoms with Crippen LogP contribution in [-0.4, -0.2) is 49.9 Å². The number of methoxy groups -OCH3 is 2. The van der Waals surface area contributed by atoms with Gasteiger partial charge in [-0.15, -0.1) is 0 Å². The lowest BCUT2D eigenvalue weighted by Crippen LogP contribution is -2.41. The van der Waals surface area contributed by atoms with E-state index in [4.69, 9.17) is 9.47 Å². The van der Waals surface area contributed by atoms with Crippen molar-refractivity contribution in [2.24, 2.45) is 0 Å². The molecule has 0 unspecified atom stereocenters. The van der Waals surface area contributed by atoms with Crippen molar-refractivity contribution in [3.05, 3.63) is 89.2 Å². The fraction of sp³-hybridized carbons (Fsp3) is 0.160. The lowest BCUT2D eigenvalue weighted by atomic mass is 10.1. The highest BCUT2D eigenvalue weighted by Crippen LogP contribution is 2.27. The van der Waals surface area contributed by atoms with E-state index in [0.717, 1.165) is 4.90 Å². The van der Waals surface area contributed by atoms with E-state index in [-0.39, 0.29) is 18.7 Å². The monoisotopic (exact) mass is 448 g/mol. The van der Waals surface area contributed by atoms with Gasteiger partial charge < -0.3 is 14.4 Å². The smallest absolute Gasteiger partial charge is 0.261 e. The number of anilines is 1. The van der Waals surface area contributed by atoms with E-state index < -0.39 is 23.5 Å². The SMILES string of the molecule is COc1cc(OC)cc(C(=O)N(CCN2C(=O)c3ccccc3C2=O)c2cccc(F)c2)c1. The summed E-state index contributed by atoms with van der Waals surface area (Å²) in [6.07, 6.45) is 0. The Kier molecular flexibility index (Phi) is 6.08. The van der Waals surface area contributed by atoms with Crippen molar-refractivity contribution in [1.82, 2.24) is 4.90 Å². The van der Waals surface area contributed by atoms with Crippen molar-refractivity contribution < 1.29 is 28.2 Å². The van der Waals surface area contributed by atoms with E-state index in [9.17, 15) is 18.8 Å². The van der Waals surface area contributed by atoms with Crippen LogP contribution in [0.15, 0.2) is 66.7 Å². The highest BCUT2D eigenvalue weighted by Gasteiger charge is 2.35. The number of carbonyl (C=O) groups is 3. The maximum Gasteiger partial charge on any atom is 0.261 e. The first-order valence-corrected chi connectivity index (χ1v) is 10.2. The summed E-state index contributed by atoms with van der Waals surface area (Å²) in [6, 6.07) is 16.8. The molecule has 7 nitrogen and oxygen atoms in total. The van der Waals surface area contributed by atoms with Crippen LogP contribution in [0.5, 0.6) is 11.5 Å². The van der Waals surface area contributed by atoms with Crippen LogP contribution in [0, 0.1) is 5.82 Å². The summed E-state index contributed by atoms with van der Waals surface area (Å²) in [5, 5.41) is 0. The van der Waals surface area contributed by atoms with Crippen molar-refractivity contribution in [3.8, 4) is 11.5 Å². The molecular formula is C25H21FN2O5. The second-order valence-electron chi connectivity index (χ2n) is 7.35. The number of halogens is 1. The molecule has 168 valence electrons. The van der Waals surface area contributed by atoms with Gasteiger partial charge in [-0.3, -0.25) is 19.3 Å². The standard InChI is InChI=1S/C25H21FN2O5/c1-32-19-12-16(13-20(15-19)33-2)23(29)27(18-7-5-6-17(26)14-18)10-11-28-24(30)21-8-3-4-9-22(21)25(28)31/h3-9,12-15H,10-11H2,1-2H3. The Morgan fingerprint density at radius 1 is 0.879 bits per heavy atom. The lowest BCUT2D eigenvalue weighted by molar-refractivity contribution is 0.0654. The van der Waals surface area contributed by atoms with Gasteiger partial charge >= 0.3 is 0 Å². The quantitative estimate of drug-likeness (QED) is 0.514. The van der Waals surface area contributed by atoms with E-state index in [0.29, 0.717) is 28.3 Å². The van der Waals surface area contributed by atoms with E-state index in [2.05, 4.69) is 0 Å². The molecule has 0 N–H and O–H groups in total. The van der Waals surface area contributed by atoms with Crippen molar-refractivity contribution in [3.63, 3.8) is 0 Å². The second kappa shape index (κ2) is 9.12. The number of hydrogen-bond acceptors (Lipinski definition) is 5. The Balaban J connectivity index is 1.65. The van der Waals surface area contributed by atoms with Gasteiger partial charge in [0.05, 0.1) is 25.3 Å². The van der Waals surface area contributed by atoms with Gasteiger partial charge in [0, 0.05) is 30.4 Å². The zero-order valence-electron chi connectivity index (χ0n) is 18.1. The van der Waals surface area contributed by atoms with E-state index in [1.165, 1.54) is 37.3 Å². The molecule has 4 rings (SSSR count). The van der Waals surface area contributed by atoms with Gasteiger partial charge in [0.15, 0.2) is 0 Å². The van der Waals surface area contributed by atoms with Gasteiger partial charge in [0.2, 0.25) is 0 Å². The van der Waals surface area contributed by atoms with Crippen LogP contribution >= 0.6 is 0 Å². The molecule has 1 aliphatic rings. The average Bonchev–Trinajstić information content (AvgIpc) is 3.08. The Morgan fingerprint density at radius 3 is 2.03 bits per heavy atom. The van der Waals surface area contributed by atoms with Crippen LogP contribution in [0.25, 0.3) is 0 Å². The molecule has 0 aromatic heterocycles. The highest BCUT2D eigenvalue weighted by molar-refractivity contribution is 6.21. The van der Waals surface area contributed by atoms with E-state index in [1.807, 2.05) is 0 Å². The Hall–Kier alpha value is -4.20. The summed E-state index contributed by atoms with van der Waals surface area (Å²) in [5.41, 5.74) is 1.18. The summed E-state index contributed by atoms with van der Waals surface area (Å²) in [4.78, 5) is 41.3. The predicted octanol–water partition coefficient (Wildman–Crippen LogP) is 3.79. The molecule has 8 heteroatoms. The zero-order valence-corrected chi connectivity index (χ0v) is 18.1. The molecule has 0 bridgehead atoms. The first-order valence-electron chi connectivity index (χ1n) is 10.2. The number of benzene rings is 3. The Labute approximate surface area is 189 Å². The largest absolute Gasteiger partial charge is 0.497 e. The summed E-state index contributed by atoms with van der Waals surface area (Å²) in [7, 11) is 2.94. The maximum absolute atomic E-state index is 14.0. The minimum Gasteiger partial charge on any atom is -0.497 e. The summed E-state index contributed by atoms with van der Waals surface area (Å²) < 4.78 is 24.5. The van der Waals surface area contributed by atoms with Crippen molar-refractivity contribution in [1.29, 1.82) is 0 Å². The Morgan fingerprint density at radius 2 is 1.48 bits per heavy atom. The number of amides is 3. The molecule has 3 aromatic rings. The molecule has 0 atom stereocenters. The zero-order chi connectivity index (χ0) is 23.5. The van der Waals surface area contributed by atoms with Crippen molar-refractivity contribution in [2.45, 2.75) is 0 Å². The number of ether oxygens (including phenoxy) is 2. The van der Waals surface area contributed by atoms with E-state index >= 15 is 0 Å². The number of carbonyl (C=O) groups excluding carboxylic acids is 3. The number of imide groups is 1. The van der Waals surface area contributed by atoms with Gasteiger partial charge in [-0.1, -0.05) is 18.2 Å². The topological polar surface area (TPSA) is 76.2 Å². The summed E-state index contributed by atoms with van der Waals surface area (Å²) >= 11 is 0. The fourth-order valence-corrected chi connectivity index (χ4v) is 3.72. The third kappa shape index (κ3) is 4.27. The van der Waals surface area contributed by atoms with Gasteiger partial charge in [-0.05, 0) is 42.5 Å². The predicted molar refractivity (Wildman–Crippen MR) is 119 cm³/mol.